The standard InChI is InChI=1S/C12H16ClFOS/c13-10-6-5-7-11(14)12(10)15-8-3-1-2-4-9-16/h5-7,16H,1-4,8-9H2. The second-order valence-corrected chi connectivity index (χ2v) is 4.39. The van der Waals surface area contributed by atoms with Gasteiger partial charge in [0.2, 0.25) is 0 Å². The molecule has 1 aromatic carbocycles. The molecule has 0 atom stereocenters. The summed E-state index contributed by atoms with van der Waals surface area (Å²) in [5.74, 6) is 0.682. The van der Waals surface area contributed by atoms with Gasteiger partial charge in [-0.25, -0.2) is 4.39 Å². The first-order valence-electron chi connectivity index (χ1n) is 5.43. The lowest BCUT2D eigenvalue weighted by molar-refractivity contribution is 0.291. The molecule has 0 aromatic heterocycles. The smallest absolute Gasteiger partial charge is 0.173 e. The lowest BCUT2D eigenvalue weighted by atomic mass is 10.2. The van der Waals surface area contributed by atoms with Gasteiger partial charge < -0.3 is 4.74 Å². The number of halogens is 2. The lowest BCUT2D eigenvalue weighted by Crippen LogP contribution is -1.99. The van der Waals surface area contributed by atoms with E-state index in [1.807, 2.05) is 0 Å². The summed E-state index contributed by atoms with van der Waals surface area (Å²) in [5, 5.41) is 0.329. The van der Waals surface area contributed by atoms with Gasteiger partial charge >= 0.3 is 0 Å². The monoisotopic (exact) mass is 262 g/mol. The molecule has 0 bridgehead atoms. The Balaban J connectivity index is 2.26. The fraction of sp³-hybridized carbons (Fsp3) is 0.500. The highest BCUT2D eigenvalue weighted by molar-refractivity contribution is 7.80. The summed E-state index contributed by atoms with van der Waals surface area (Å²) in [6.07, 6.45) is 4.24. The third-order valence-corrected chi connectivity index (χ3v) is 2.83. The molecular formula is C12H16ClFOS. The van der Waals surface area contributed by atoms with Gasteiger partial charge in [0.15, 0.2) is 11.6 Å². The van der Waals surface area contributed by atoms with Gasteiger partial charge in [0.05, 0.1) is 11.6 Å². The zero-order valence-corrected chi connectivity index (χ0v) is 10.7. The topological polar surface area (TPSA) is 9.23 Å². The lowest BCUT2D eigenvalue weighted by Gasteiger charge is -2.08. The van der Waals surface area contributed by atoms with Gasteiger partial charge in [-0.3, -0.25) is 0 Å². The Bertz CT molecular complexity index is 300. The Morgan fingerprint density at radius 3 is 2.62 bits per heavy atom. The molecule has 0 radical (unpaired) electrons. The number of unbranched alkanes of at least 4 members (excludes halogenated alkanes) is 3. The first-order chi connectivity index (χ1) is 7.75. The predicted molar refractivity (Wildman–Crippen MR) is 69.2 cm³/mol. The number of rotatable bonds is 7. The second-order valence-electron chi connectivity index (χ2n) is 3.54. The zero-order valence-electron chi connectivity index (χ0n) is 9.09. The van der Waals surface area contributed by atoms with Gasteiger partial charge in [-0.15, -0.1) is 0 Å². The first-order valence-corrected chi connectivity index (χ1v) is 6.44. The molecule has 0 spiro atoms. The number of hydrogen-bond acceptors (Lipinski definition) is 2. The van der Waals surface area contributed by atoms with Crippen molar-refractivity contribution in [1.29, 1.82) is 0 Å². The molecule has 0 fully saturated rings. The fourth-order valence-electron chi connectivity index (χ4n) is 1.36. The summed E-state index contributed by atoms with van der Waals surface area (Å²) >= 11 is 9.95. The van der Waals surface area contributed by atoms with Crippen molar-refractivity contribution >= 4 is 24.2 Å². The Morgan fingerprint density at radius 2 is 1.94 bits per heavy atom. The highest BCUT2D eigenvalue weighted by Crippen LogP contribution is 2.27. The van der Waals surface area contributed by atoms with Crippen molar-refractivity contribution in [3.63, 3.8) is 0 Å². The number of hydrogen-bond donors (Lipinski definition) is 1. The molecule has 4 heteroatoms. The summed E-state index contributed by atoms with van der Waals surface area (Å²) in [6.45, 7) is 0.507. The molecule has 0 N–H and O–H groups in total. The minimum absolute atomic E-state index is 0.165. The molecule has 1 nitrogen and oxygen atoms in total. The third-order valence-electron chi connectivity index (χ3n) is 2.22. The maximum Gasteiger partial charge on any atom is 0.173 e. The molecule has 1 rings (SSSR count). The van der Waals surface area contributed by atoms with Crippen molar-refractivity contribution in [2.45, 2.75) is 25.7 Å². The van der Waals surface area contributed by atoms with E-state index >= 15 is 0 Å². The Labute approximate surface area is 106 Å². The van der Waals surface area contributed by atoms with Gasteiger partial charge in [0, 0.05) is 0 Å². The van der Waals surface area contributed by atoms with Crippen LogP contribution in [0, 0.1) is 5.82 Å². The van der Waals surface area contributed by atoms with Gasteiger partial charge in [0.1, 0.15) is 0 Å². The minimum atomic E-state index is -0.400. The zero-order chi connectivity index (χ0) is 11.8. The number of thiol groups is 1. The summed E-state index contributed by atoms with van der Waals surface area (Å²) < 4.78 is 18.6. The number of ether oxygens (including phenoxy) is 1. The van der Waals surface area contributed by atoms with Crippen molar-refractivity contribution < 1.29 is 9.13 Å². The predicted octanol–water partition coefficient (Wildman–Crippen LogP) is 4.35. The van der Waals surface area contributed by atoms with Crippen LogP contribution in [0.2, 0.25) is 5.02 Å². The molecule has 0 amide bonds. The number of benzene rings is 1. The van der Waals surface area contributed by atoms with E-state index in [1.165, 1.54) is 6.07 Å². The summed E-state index contributed by atoms with van der Waals surface area (Å²) in [7, 11) is 0. The Kier molecular flexibility index (Phi) is 6.65. The Hall–Kier alpha value is -0.410. The van der Waals surface area contributed by atoms with Crippen LogP contribution in [-0.4, -0.2) is 12.4 Å². The van der Waals surface area contributed by atoms with Crippen LogP contribution in [-0.2, 0) is 0 Å². The SMILES string of the molecule is Fc1cccc(Cl)c1OCCCCCCS. The van der Waals surface area contributed by atoms with E-state index in [-0.39, 0.29) is 5.75 Å². The molecule has 0 heterocycles. The Morgan fingerprint density at radius 1 is 1.19 bits per heavy atom. The third kappa shape index (κ3) is 4.62. The van der Waals surface area contributed by atoms with Crippen LogP contribution >= 0.6 is 24.2 Å². The average Bonchev–Trinajstić information content (AvgIpc) is 2.26. The van der Waals surface area contributed by atoms with Crippen LogP contribution in [0.5, 0.6) is 5.75 Å². The fourth-order valence-corrected chi connectivity index (χ4v) is 1.80. The van der Waals surface area contributed by atoms with Crippen molar-refractivity contribution in [3.8, 4) is 5.75 Å². The molecular weight excluding hydrogens is 247 g/mol. The van der Waals surface area contributed by atoms with E-state index in [9.17, 15) is 4.39 Å². The summed E-state index contributed by atoms with van der Waals surface area (Å²) in [6, 6.07) is 4.54. The van der Waals surface area contributed by atoms with Crippen molar-refractivity contribution in [2.24, 2.45) is 0 Å². The van der Waals surface area contributed by atoms with Crippen LogP contribution in [0.25, 0.3) is 0 Å². The van der Waals surface area contributed by atoms with E-state index in [0.29, 0.717) is 11.6 Å². The minimum Gasteiger partial charge on any atom is -0.489 e. The van der Waals surface area contributed by atoms with E-state index < -0.39 is 5.82 Å². The van der Waals surface area contributed by atoms with Gasteiger partial charge in [-0.2, -0.15) is 12.6 Å². The van der Waals surface area contributed by atoms with Crippen LogP contribution in [0.4, 0.5) is 4.39 Å². The van der Waals surface area contributed by atoms with E-state index in [4.69, 9.17) is 16.3 Å². The van der Waals surface area contributed by atoms with Crippen molar-refractivity contribution in [3.05, 3.63) is 29.0 Å². The van der Waals surface area contributed by atoms with Crippen molar-refractivity contribution in [2.75, 3.05) is 12.4 Å². The number of para-hydroxylation sites is 1. The molecule has 16 heavy (non-hydrogen) atoms. The van der Waals surface area contributed by atoms with Crippen molar-refractivity contribution in [1.82, 2.24) is 0 Å². The van der Waals surface area contributed by atoms with Crippen LogP contribution < -0.4 is 4.74 Å². The van der Waals surface area contributed by atoms with Crippen LogP contribution in [0.1, 0.15) is 25.7 Å². The summed E-state index contributed by atoms with van der Waals surface area (Å²) in [4.78, 5) is 0. The maximum atomic E-state index is 13.3. The quantitative estimate of drug-likeness (QED) is 0.568. The highest BCUT2D eigenvalue weighted by atomic mass is 35.5. The molecule has 0 aliphatic carbocycles. The highest BCUT2D eigenvalue weighted by Gasteiger charge is 2.07. The normalized spacial score (nSPS) is 10.4. The van der Waals surface area contributed by atoms with Crippen LogP contribution in [0.3, 0.4) is 0 Å². The second kappa shape index (κ2) is 7.80. The largest absolute Gasteiger partial charge is 0.489 e. The van der Waals surface area contributed by atoms with E-state index in [0.717, 1.165) is 31.4 Å². The van der Waals surface area contributed by atoms with Gasteiger partial charge in [0.25, 0.3) is 0 Å². The molecule has 90 valence electrons. The molecule has 0 saturated heterocycles. The molecule has 0 aliphatic rings. The average molecular weight is 263 g/mol. The maximum absolute atomic E-state index is 13.3. The molecule has 0 saturated carbocycles. The van der Waals surface area contributed by atoms with Gasteiger partial charge in [-0.1, -0.05) is 30.5 Å². The summed E-state index contributed by atoms with van der Waals surface area (Å²) in [5.41, 5.74) is 0. The van der Waals surface area contributed by atoms with E-state index in [1.54, 1.807) is 12.1 Å². The van der Waals surface area contributed by atoms with E-state index in [2.05, 4.69) is 12.6 Å². The molecule has 0 aliphatic heterocycles. The van der Waals surface area contributed by atoms with Crippen LogP contribution in [0.15, 0.2) is 18.2 Å². The van der Waals surface area contributed by atoms with Gasteiger partial charge in [-0.05, 0) is 30.7 Å². The molecule has 1 aromatic rings. The molecule has 0 unspecified atom stereocenters. The first kappa shape index (κ1) is 13.7.